The van der Waals surface area contributed by atoms with Crippen LogP contribution in [0.1, 0.15) is 21.7 Å². The van der Waals surface area contributed by atoms with Crippen LogP contribution in [0.25, 0.3) is 0 Å². The number of carbonyl (C=O) groups is 1. The predicted molar refractivity (Wildman–Crippen MR) is 122 cm³/mol. The van der Waals surface area contributed by atoms with Crippen LogP contribution < -0.4 is 15.0 Å². The minimum absolute atomic E-state index is 0.201. The van der Waals surface area contributed by atoms with E-state index in [4.69, 9.17) is 4.74 Å². The molecule has 1 fully saturated rings. The fourth-order valence-corrected chi connectivity index (χ4v) is 3.51. The molecular weight excluding hydrogens is 390 g/mol. The van der Waals surface area contributed by atoms with Crippen LogP contribution in [0.3, 0.4) is 0 Å². The highest BCUT2D eigenvalue weighted by Crippen LogP contribution is 2.24. The molecular formula is C24H27N5O2. The average Bonchev–Trinajstić information content (AvgIpc) is 2.78. The molecule has 7 heteroatoms. The van der Waals surface area contributed by atoms with Gasteiger partial charge in [-0.15, -0.1) is 0 Å². The Bertz CT molecular complexity index is 1020. The Morgan fingerprint density at radius 2 is 1.45 bits per heavy atom. The first kappa shape index (κ1) is 20.8. The van der Waals surface area contributed by atoms with E-state index in [0.29, 0.717) is 17.0 Å². The molecule has 1 N–H and O–H groups in total. The second-order valence-corrected chi connectivity index (χ2v) is 7.75. The third-order valence-corrected chi connectivity index (χ3v) is 5.38. The van der Waals surface area contributed by atoms with Gasteiger partial charge in [-0.25, -0.2) is 9.97 Å². The lowest BCUT2D eigenvalue weighted by atomic mass is 10.2. The van der Waals surface area contributed by atoms with Crippen molar-refractivity contribution < 1.29 is 9.53 Å². The summed E-state index contributed by atoms with van der Waals surface area (Å²) in [5.41, 5.74) is 2.73. The van der Waals surface area contributed by atoms with E-state index in [2.05, 4.69) is 32.1 Å². The van der Waals surface area contributed by atoms with Gasteiger partial charge in [-0.2, -0.15) is 0 Å². The van der Waals surface area contributed by atoms with Crippen LogP contribution in [0.4, 0.5) is 11.6 Å². The molecule has 1 aromatic heterocycles. The molecule has 4 rings (SSSR count). The number of rotatable bonds is 5. The topological polar surface area (TPSA) is 70.6 Å². The summed E-state index contributed by atoms with van der Waals surface area (Å²) in [5.74, 6) is 1.95. The maximum absolute atomic E-state index is 12.8. The number of hydrogen-bond acceptors (Lipinski definition) is 6. The van der Waals surface area contributed by atoms with Crippen LogP contribution in [0.5, 0.6) is 11.5 Å². The van der Waals surface area contributed by atoms with Gasteiger partial charge in [-0.05, 0) is 57.3 Å². The zero-order valence-corrected chi connectivity index (χ0v) is 18.1. The molecule has 0 atom stereocenters. The monoisotopic (exact) mass is 417 g/mol. The number of aryl methyl sites for hydroxylation is 2. The Balaban J connectivity index is 1.44. The summed E-state index contributed by atoms with van der Waals surface area (Å²) >= 11 is 0. The van der Waals surface area contributed by atoms with Crippen molar-refractivity contribution in [2.75, 3.05) is 43.4 Å². The van der Waals surface area contributed by atoms with E-state index in [1.54, 1.807) is 24.3 Å². The largest absolute Gasteiger partial charge is 0.457 e. The number of amides is 1. The summed E-state index contributed by atoms with van der Waals surface area (Å²) in [7, 11) is 2.12. The Morgan fingerprint density at radius 3 is 2.06 bits per heavy atom. The van der Waals surface area contributed by atoms with Crippen molar-refractivity contribution in [1.29, 1.82) is 0 Å². The number of likely N-dealkylation sites (N-methyl/N-ethyl adjacent to an activating group) is 1. The first-order valence-electron chi connectivity index (χ1n) is 10.4. The zero-order chi connectivity index (χ0) is 21.8. The standard InChI is InChI=1S/C24H27N5O2/c1-17-22(18(2)26-24(25-17)29-15-13-28(3)14-16-29)27-23(30)19-9-11-21(12-10-19)31-20-7-5-4-6-8-20/h4-12H,13-16H2,1-3H3,(H,27,30). The van der Waals surface area contributed by atoms with E-state index >= 15 is 0 Å². The van der Waals surface area contributed by atoms with E-state index in [9.17, 15) is 4.79 Å². The molecule has 0 bridgehead atoms. The highest BCUT2D eigenvalue weighted by atomic mass is 16.5. The van der Waals surface area contributed by atoms with Crippen molar-refractivity contribution in [1.82, 2.24) is 14.9 Å². The van der Waals surface area contributed by atoms with Crippen molar-refractivity contribution in [2.24, 2.45) is 0 Å². The number of nitrogens with zero attached hydrogens (tertiary/aromatic N) is 4. The van der Waals surface area contributed by atoms with Gasteiger partial charge in [0.25, 0.3) is 5.91 Å². The number of nitrogens with one attached hydrogen (secondary N) is 1. The third-order valence-electron chi connectivity index (χ3n) is 5.38. The van der Waals surface area contributed by atoms with Crippen LogP contribution >= 0.6 is 0 Å². The molecule has 1 amide bonds. The summed E-state index contributed by atoms with van der Waals surface area (Å²) < 4.78 is 5.79. The molecule has 0 aliphatic carbocycles. The molecule has 31 heavy (non-hydrogen) atoms. The van der Waals surface area contributed by atoms with Gasteiger partial charge in [0.1, 0.15) is 11.5 Å². The Kier molecular flexibility index (Phi) is 6.13. The van der Waals surface area contributed by atoms with Gasteiger partial charge < -0.3 is 19.9 Å². The molecule has 0 radical (unpaired) electrons. The normalized spacial score (nSPS) is 14.4. The van der Waals surface area contributed by atoms with Crippen LogP contribution in [0, 0.1) is 13.8 Å². The van der Waals surface area contributed by atoms with Crippen molar-refractivity contribution in [2.45, 2.75) is 13.8 Å². The van der Waals surface area contributed by atoms with Crippen molar-refractivity contribution >= 4 is 17.5 Å². The van der Waals surface area contributed by atoms with Gasteiger partial charge in [0.15, 0.2) is 0 Å². The molecule has 2 heterocycles. The quantitative estimate of drug-likeness (QED) is 0.679. The van der Waals surface area contributed by atoms with Gasteiger partial charge in [-0.3, -0.25) is 4.79 Å². The second-order valence-electron chi connectivity index (χ2n) is 7.75. The summed E-state index contributed by atoms with van der Waals surface area (Å²) in [5, 5.41) is 2.97. The van der Waals surface area contributed by atoms with Gasteiger partial charge in [-0.1, -0.05) is 18.2 Å². The summed E-state index contributed by atoms with van der Waals surface area (Å²) in [4.78, 5) is 26.6. The maximum Gasteiger partial charge on any atom is 0.255 e. The number of anilines is 2. The molecule has 0 unspecified atom stereocenters. The lowest BCUT2D eigenvalue weighted by molar-refractivity contribution is 0.102. The molecule has 3 aromatic rings. The molecule has 160 valence electrons. The van der Waals surface area contributed by atoms with Crippen molar-refractivity contribution in [3.05, 3.63) is 71.5 Å². The molecule has 7 nitrogen and oxygen atoms in total. The molecule has 1 aliphatic heterocycles. The molecule has 0 saturated carbocycles. The van der Waals surface area contributed by atoms with Gasteiger partial charge in [0.2, 0.25) is 5.95 Å². The predicted octanol–water partition coefficient (Wildman–Crippen LogP) is 3.89. The van der Waals surface area contributed by atoms with E-state index in [0.717, 1.165) is 49.3 Å². The first-order valence-corrected chi connectivity index (χ1v) is 10.4. The number of ether oxygens (including phenoxy) is 1. The van der Waals surface area contributed by atoms with E-state index < -0.39 is 0 Å². The van der Waals surface area contributed by atoms with E-state index in [1.807, 2.05) is 44.2 Å². The SMILES string of the molecule is Cc1nc(N2CCN(C)CC2)nc(C)c1NC(=O)c1ccc(Oc2ccccc2)cc1. The Labute approximate surface area is 182 Å². The fraction of sp³-hybridized carbons (Fsp3) is 0.292. The first-order chi connectivity index (χ1) is 15.0. The van der Waals surface area contributed by atoms with Crippen LogP contribution in [-0.2, 0) is 0 Å². The number of benzene rings is 2. The minimum atomic E-state index is -0.201. The molecule has 1 aliphatic rings. The number of hydrogen-bond donors (Lipinski definition) is 1. The Hall–Kier alpha value is -3.45. The summed E-state index contributed by atoms with van der Waals surface area (Å²) in [6.45, 7) is 7.59. The molecule has 1 saturated heterocycles. The van der Waals surface area contributed by atoms with Crippen molar-refractivity contribution in [3.8, 4) is 11.5 Å². The summed E-state index contributed by atoms with van der Waals surface area (Å²) in [6.07, 6.45) is 0. The number of piperazine rings is 1. The minimum Gasteiger partial charge on any atom is -0.457 e. The number of aromatic nitrogens is 2. The highest BCUT2D eigenvalue weighted by molar-refractivity contribution is 6.04. The van der Waals surface area contributed by atoms with Crippen molar-refractivity contribution in [3.63, 3.8) is 0 Å². The lowest BCUT2D eigenvalue weighted by Crippen LogP contribution is -2.45. The van der Waals surface area contributed by atoms with Crippen LogP contribution in [0.15, 0.2) is 54.6 Å². The highest BCUT2D eigenvalue weighted by Gasteiger charge is 2.19. The Morgan fingerprint density at radius 1 is 0.871 bits per heavy atom. The van der Waals surface area contributed by atoms with Gasteiger partial charge in [0, 0.05) is 31.7 Å². The smallest absolute Gasteiger partial charge is 0.255 e. The van der Waals surface area contributed by atoms with Gasteiger partial charge in [0.05, 0.1) is 17.1 Å². The summed E-state index contributed by atoms with van der Waals surface area (Å²) in [6, 6.07) is 16.6. The zero-order valence-electron chi connectivity index (χ0n) is 18.1. The number of carbonyl (C=O) groups excluding carboxylic acids is 1. The van der Waals surface area contributed by atoms with Crippen LogP contribution in [0.2, 0.25) is 0 Å². The molecule has 0 spiro atoms. The number of para-hydroxylation sites is 1. The lowest BCUT2D eigenvalue weighted by Gasteiger charge is -2.32. The fourth-order valence-electron chi connectivity index (χ4n) is 3.51. The van der Waals surface area contributed by atoms with E-state index in [1.165, 1.54) is 0 Å². The molecule has 2 aromatic carbocycles. The van der Waals surface area contributed by atoms with Crippen LogP contribution in [-0.4, -0.2) is 54.0 Å². The van der Waals surface area contributed by atoms with E-state index in [-0.39, 0.29) is 5.91 Å². The van der Waals surface area contributed by atoms with Gasteiger partial charge >= 0.3 is 0 Å². The second kappa shape index (κ2) is 9.14. The maximum atomic E-state index is 12.8. The third kappa shape index (κ3) is 5.00. The average molecular weight is 418 g/mol.